The van der Waals surface area contributed by atoms with E-state index in [1.807, 2.05) is 41.9 Å². The molecule has 1 atom stereocenters. The van der Waals surface area contributed by atoms with Crippen LogP contribution < -0.4 is 15.0 Å². The number of pyridine rings is 1. The standard InChI is InChI=1S/C28H33N7O3/c1-18-6-5-7-20-15-21(27(36)29-24(18)20)25(26-30-31-32-35(26)28(2,3)4)34-12-10-33(11-13-34)16-19-8-9-22-23(14-19)38-17-37-22/h5-9,14-15,25H,10-13,16-17H2,1-4H3,(H,29,36). The normalized spacial score (nSPS) is 17.3. The summed E-state index contributed by atoms with van der Waals surface area (Å²) in [6.07, 6.45) is 0. The monoisotopic (exact) mass is 515 g/mol. The topological polar surface area (TPSA) is 101 Å². The lowest BCUT2D eigenvalue weighted by atomic mass is 10.00. The Hall–Kier alpha value is -3.76. The maximum absolute atomic E-state index is 13.5. The number of benzene rings is 2. The molecule has 0 aliphatic carbocycles. The van der Waals surface area contributed by atoms with Crippen LogP contribution in [0.4, 0.5) is 0 Å². The predicted octanol–water partition coefficient (Wildman–Crippen LogP) is 3.21. The van der Waals surface area contributed by atoms with Crippen LogP contribution in [-0.2, 0) is 12.1 Å². The van der Waals surface area contributed by atoms with Crippen molar-refractivity contribution in [2.75, 3.05) is 33.0 Å². The Morgan fingerprint density at radius 3 is 2.61 bits per heavy atom. The van der Waals surface area contributed by atoms with Gasteiger partial charge in [0.15, 0.2) is 17.3 Å². The third-order valence-corrected chi connectivity index (χ3v) is 7.40. The van der Waals surface area contributed by atoms with Gasteiger partial charge in [-0.2, -0.15) is 0 Å². The van der Waals surface area contributed by atoms with Crippen LogP contribution in [0.25, 0.3) is 10.9 Å². The van der Waals surface area contributed by atoms with Crippen molar-refractivity contribution < 1.29 is 9.47 Å². The zero-order chi connectivity index (χ0) is 26.4. The van der Waals surface area contributed by atoms with Gasteiger partial charge in [-0.3, -0.25) is 14.6 Å². The third-order valence-electron chi connectivity index (χ3n) is 7.40. The van der Waals surface area contributed by atoms with Gasteiger partial charge in [0.1, 0.15) is 6.04 Å². The average molecular weight is 516 g/mol. The van der Waals surface area contributed by atoms with Gasteiger partial charge in [0.05, 0.1) is 11.1 Å². The van der Waals surface area contributed by atoms with Crippen LogP contribution in [0.1, 0.15) is 49.3 Å². The molecule has 0 bridgehead atoms. The van der Waals surface area contributed by atoms with Crippen LogP contribution in [-0.4, -0.2) is 68.0 Å². The van der Waals surface area contributed by atoms with Crippen LogP contribution in [0.5, 0.6) is 11.5 Å². The number of aromatic amines is 1. The second-order valence-electron chi connectivity index (χ2n) is 11.1. The minimum absolute atomic E-state index is 0.108. The van der Waals surface area contributed by atoms with E-state index in [1.54, 1.807) is 0 Å². The van der Waals surface area contributed by atoms with Crippen molar-refractivity contribution in [2.24, 2.45) is 0 Å². The van der Waals surface area contributed by atoms with Crippen molar-refractivity contribution in [2.45, 2.75) is 45.8 Å². The van der Waals surface area contributed by atoms with Gasteiger partial charge in [-0.25, -0.2) is 4.68 Å². The maximum Gasteiger partial charge on any atom is 0.253 e. The molecule has 4 aromatic rings. The molecule has 0 amide bonds. The van der Waals surface area contributed by atoms with E-state index in [4.69, 9.17) is 9.47 Å². The first-order chi connectivity index (χ1) is 18.3. The van der Waals surface area contributed by atoms with Crippen LogP contribution in [0.2, 0.25) is 0 Å². The summed E-state index contributed by atoms with van der Waals surface area (Å²) in [7, 11) is 0. The Balaban J connectivity index is 1.31. The molecule has 1 N–H and O–H groups in total. The van der Waals surface area contributed by atoms with Gasteiger partial charge in [0.2, 0.25) is 6.79 Å². The van der Waals surface area contributed by atoms with Crippen LogP contribution in [0.15, 0.2) is 47.3 Å². The number of para-hydroxylation sites is 1. The van der Waals surface area contributed by atoms with Crippen molar-refractivity contribution in [3.63, 3.8) is 0 Å². The summed E-state index contributed by atoms with van der Waals surface area (Å²) in [5, 5.41) is 13.8. The fourth-order valence-corrected chi connectivity index (χ4v) is 5.42. The Morgan fingerprint density at radius 1 is 1.03 bits per heavy atom. The zero-order valence-corrected chi connectivity index (χ0v) is 22.3. The Bertz CT molecular complexity index is 1530. The fraction of sp³-hybridized carbons (Fsp3) is 0.429. The van der Waals surface area contributed by atoms with Crippen molar-refractivity contribution in [3.8, 4) is 11.5 Å². The van der Waals surface area contributed by atoms with Crippen LogP contribution in [0.3, 0.4) is 0 Å². The van der Waals surface area contributed by atoms with E-state index in [9.17, 15) is 4.79 Å². The largest absolute Gasteiger partial charge is 0.454 e. The van der Waals surface area contributed by atoms with Crippen LogP contribution >= 0.6 is 0 Å². The van der Waals surface area contributed by atoms with Crippen molar-refractivity contribution in [3.05, 3.63) is 75.3 Å². The van der Waals surface area contributed by atoms with Gasteiger partial charge >= 0.3 is 0 Å². The quantitative estimate of drug-likeness (QED) is 0.432. The molecule has 198 valence electrons. The molecule has 0 radical (unpaired) electrons. The molecule has 1 saturated heterocycles. The first-order valence-electron chi connectivity index (χ1n) is 13.0. The lowest BCUT2D eigenvalue weighted by Gasteiger charge is -2.39. The number of rotatable bonds is 5. The highest BCUT2D eigenvalue weighted by Crippen LogP contribution is 2.34. The molecule has 0 spiro atoms. The third kappa shape index (κ3) is 4.54. The van der Waals surface area contributed by atoms with Gasteiger partial charge < -0.3 is 14.5 Å². The smallest absolute Gasteiger partial charge is 0.253 e. The molecule has 1 unspecified atom stereocenters. The molecule has 2 aromatic heterocycles. The second kappa shape index (κ2) is 9.52. The average Bonchev–Trinajstić information content (AvgIpc) is 3.56. The highest BCUT2D eigenvalue weighted by molar-refractivity contribution is 5.82. The molecule has 38 heavy (non-hydrogen) atoms. The summed E-state index contributed by atoms with van der Waals surface area (Å²) in [5.41, 5.74) is 3.31. The van der Waals surface area contributed by atoms with E-state index in [1.165, 1.54) is 5.56 Å². The minimum atomic E-state index is -0.370. The number of piperazine rings is 1. The Labute approximate surface area is 221 Å². The first-order valence-corrected chi connectivity index (χ1v) is 13.0. The van der Waals surface area contributed by atoms with Crippen LogP contribution in [0, 0.1) is 6.92 Å². The SMILES string of the molecule is Cc1cccc2cc(C(c3nnnn3C(C)(C)C)N3CCN(Cc4ccc5c(c4)OCO5)CC3)c(=O)[nH]c12. The molecular formula is C28H33N7O3. The van der Waals surface area contributed by atoms with Gasteiger partial charge in [-0.05, 0) is 72.8 Å². The number of tetrazole rings is 1. The Kier molecular flexibility index (Phi) is 6.16. The summed E-state index contributed by atoms with van der Waals surface area (Å²) >= 11 is 0. The van der Waals surface area contributed by atoms with E-state index in [2.05, 4.69) is 63.2 Å². The number of hydrogen-bond acceptors (Lipinski definition) is 8. The van der Waals surface area contributed by atoms with E-state index in [0.29, 0.717) is 11.4 Å². The number of nitrogens with zero attached hydrogens (tertiary/aromatic N) is 6. The fourth-order valence-electron chi connectivity index (χ4n) is 5.42. The molecule has 2 aliphatic heterocycles. The molecule has 0 saturated carbocycles. The van der Waals surface area contributed by atoms with E-state index < -0.39 is 0 Å². The number of aromatic nitrogens is 5. The lowest BCUT2D eigenvalue weighted by molar-refractivity contribution is 0.0975. The number of hydrogen-bond donors (Lipinski definition) is 1. The zero-order valence-electron chi connectivity index (χ0n) is 22.3. The summed E-state index contributed by atoms with van der Waals surface area (Å²) in [5.74, 6) is 2.29. The van der Waals surface area contributed by atoms with Crippen molar-refractivity contribution >= 4 is 10.9 Å². The summed E-state index contributed by atoms with van der Waals surface area (Å²) in [6.45, 7) is 12.6. The van der Waals surface area contributed by atoms with Gasteiger partial charge in [-0.15, -0.1) is 5.10 Å². The summed E-state index contributed by atoms with van der Waals surface area (Å²) < 4.78 is 12.8. The maximum atomic E-state index is 13.5. The highest BCUT2D eigenvalue weighted by atomic mass is 16.7. The predicted molar refractivity (Wildman–Crippen MR) is 143 cm³/mol. The Morgan fingerprint density at radius 2 is 1.82 bits per heavy atom. The highest BCUT2D eigenvalue weighted by Gasteiger charge is 2.35. The molecular weight excluding hydrogens is 482 g/mol. The lowest BCUT2D eigenvalue weighted by Crippen LogP contribution is -2.49. The minimum Gasteiger partial charge on any atom is -0.454 e. The summed E-state index contributed by atoms with van der Waals surface area (Å²) in [4.78, 5) is 21.4. The molecule has 10 nitrogen and oxygen atoms in total. The van der Waals surface area contributed by atoms with Crippen molar-refractivity contribution in [1.82, 2.24) is 35.0 Å². The van der Waals surface area contributed by atoms with Gasteiger partial charge in [0.25, 0.3) is 5.56 Å². The number of fused-ring (bicyclic) bond motifs is 2. The first kappa shape index (κ1) is 24.6. The molecule has 2 aromatic carbocycles. The molecule has 6 rings (SSSR count). The molecule has 2 aliphatic rings. The van der Waals surface area contributed by atoms with Crippen molar-refractivity contribution in [1.29, 1.82) is 0 Å². The number of aryl methyl sites for hydroxylation is 1. The summed E-state index contributed by atoms with van der Waals surface area (Å²) in [6, 6.07) is 13.8. The number of nitrogens with one attached hydrogen (secondary N) is 1. The molecule has 1 fully saturated rings. The second-order valence-corrected chi connectivity index (χ2v) is 11.1. The number of ether oxygens (including phenoxy) is 2. The van der Waals surface area contributed by atoms with Gasteiger partial charge in [-0.1, -0.05) is 24.3 Å². The molecule has 10 heteroatoms. The van der Waals surface area contributed by atoms with E-state index in [-0.39, 0.29) is 23.9 Å². The van der Waals surface area contributed by atoms with Gasteiger partial charge in [0, 0.05) is 38.3 Å². The van der Waals surface area contributed by atoms with E-state index >= 15 is 0 Å². The number of H-pyrrole nitrogens is 1. The van der Waals surface area contributed by atoms with E-state index in [0.717, 1.165) is 60.7 Å². The molecule has 4 heterocycles.